The Morgan fingerprint density at radius 3 is 2.65 bits per heavy atom. The Kier molecular flexibility index (Phi) is 3.39. The number of nitrogens with one attached hydrogen (secondary N) is 2. The summed E-state index contributed by atoms with van der Waals surface area (Å²) >= 11 is 0. The molecule has 0 atom stereocenters. The zero-order valence-corrected chi connectivity index (χ0v) is 11.3. The summed E-state index contributed by atoms with van der Waals surface area (Å²) in [6.07, 6.45) is 0.600. The van der Waals surface area contributed by atoms with Crippen LogP contribution >= 0.6 is 0 Å². The number of rotatable bonds is 4. The van der Waals surface area contributed by atoms with Gasteiger partial charge in [-0.15, -0.1) is 0 Å². The monoisotopic (exact) mass is 268 g/mol. The first kappa shape index (κ1) is 12.7. The van der Waals surface area contributed by atoms with E-state index < -0.39 is 0 Å². The van der Waals surface area contributed by atoms with E-state index in [0.29, 0.717) is 13.0 Å². The second kappa shape index (κ2) is 5.35. The zero-order chi connectivity index (χ0) is 13.9. The molecule has 0 aliphatic carbocycles. The predicted octanol–water partition coefficient (Wildman–Crippen LogP) is 2.59. The summed E-state index contributed by atoms with van der Waals surface area (Å²) in [5.41, 5.74) is 2.59. The maximum atomic E-state index is 11.8. The van der Waals surface area contributed by atoms with E-state index in [1.807, 2.05) is 12.1 Å². The van der Waals surface area contributed by atoms with Crippen LogP contribution in [0.1, 0.15) is 16.8 Å². The molecule has 0 amide bonds. The number of hydrogen-bond acceptors (Lipinski definition) is 2. The van der Waals surface area contributed by atoms with Crippen molar-refractivity contribution >= 4 is 10.8 Å². The Morgan fingerprint density at radius 1 is 1.05 bits per heavy atom. The van der Waals surface area contributed by atoms with Gasteiger partial charge in [0, 0.05) is 19.1 Å². The fraction of sp³-hybridized carbons (Fsp3) is 0.188. The Hall–Kier alpha value is -2.33. The average Bonchev–Trinajstić information content (AvgIpc) is 2.81. The third-order valence-corrected chi connectivity index (χ3v) is 3.45. The molecule has 0 unspecified atom stereocenters. The van der Waals surface area contributed by atoms with Crippen LogP contribution in [0.2, 0.25) is 0 Å². The average molecular weight is 268 g/mol. The maximum absolute atomic E-state index is 11.8. The largest absolute Gasteiger partial charge is 0.378 e. The summed E-state index contributed by atoms with van der Waals surface area (Å²) in [7, 11) is 1.62. The molecule has 102 valence electrons. The van der Waals surface area contributed by atoms with Gasteiger partial charge in [-0.3, -0.25) is 15.0 Å². The van der Waals surface area contributed by atoms with Crippen molar-refractivity contribution in [2.24, 2.45) is 0 Å². The molecular weight excluding hydrogens is 252 g/mol. The van der Waals surface area contributed by atoms with Crippen molar-refractivity contribution in [3.63, 3.8) is 0 Å². The molecule has 3 aromatic rings. The van der Waals surface area contributed by atoms with E-state index in [1.165, 1.54) is 10.8 Å². The van der Waals surface area contributed by atoms with Gasteiger partial charge in [-0.1, -0.05) is 42.5 Å². The van der Waals surface area contributed by atoms with Crippen molar-refractivity contribution in [2.75, 3.05) is 7.11 Å². The van der Waals surface area contributed by atoms with Crippen molar-refractivity contribution in [3.8, 4) is 0 Å². The Morgan fingerprint density at radius 2 is 1.85 bits per heavy atom. The highest BCUT2D eigenvalue weighted by atomic mass is 16.5. The highest BCUT2D eigenvalue weighted by molar-refractivity contribution is 5.83. The number of hydrogen-bond donors (Lipinski definition) is 2. The third-order valence-electron chi connectivity index (χ3n) is 3.45. The number of benzene rings is 2. The maximum Gasteiger partial charge on any atom is 0.267 e. The lowest BCUT2D eigenvalue weighted by molar-refractivity contribution is 0.181. The molecular formula is C16H16N2O2. The Balaban J connectivity index is 1.97. The van der Waals surface area contributed by atoms with Crippen LogP contribution in [-0.2, 0) is 17.8 Å². The van der Waals surface area contributed by atoms with Gasteiger partial charge in [-0.05, 0) is 16.3 Å². The van der Waals surface area contributed by atoms with Crippen molar-refractivity contribution < 1.29 is 4.74 Å². The minimum Gasteiger partial charge on any atom is -0.378 e. The first-order chi connectivity index (χ1) is 9.78. The molecule has 2 N–H and O–H groups in total. The van der Waals surface area contributed by atoms with Crippen molar-refractivity contribution in [1.29, 1.82) is 0 Å². The molecule has 0 bridgehead atoms. The SMILES string of the molecule is COCc1[nH][nH]c(=O)c1Cc1ccc2ccccc2c1. The number of aromatic nitrogens is 2. The zero-order valence-electron chi connectivity index (χ0n) is 11.3. The van der Waals surface area contributed by atoms with E-state index in [0.717, 1.165) is 16.8 Å². The van der Waals surface area contributed by atoms with Crippen LogP contribution in [0, 0.1) is 0 Å². The molecule has 0 aliphatic rings. The number of H-pyrrole nitrogens is 2. The van der Waals surface area contributed by atoms with E-state index in [9.17, 15) is 4.79 Å². The summed E-state index contributed by atoms with van der Waals surface area (Å²) < 4.78 is 5.10. The fourth-order valence-electron chi connectivity index (χ4n) is 2.43. The highest BCUT2D eigenvalue weighted by Crippen LogP contribution is 2.18. The van der Waals surface area contributed by atoms with E-state index in [4.69, 9.17) is 4.74 Å². The number of aromatic amines is 2. The lowest BCUT2D eigenvalue weighted by atomic mass is 10.0. The van der Waals surface area contributed by atoms with E-state index >= 15 is 0 Å². The van der Waals surface area contributed by atoms with Gasteiger partial charge < -0.3 is 4.74 Å². The van der Waals surface area contributed by atoms with Crippen molar-refractivity contribution in [3.05, 3.63) is 69.6 Å². The van der Waals surface area contributed by atoms with Gasteiger partial charge in [0.15, 0.2) is 0 Å². The van der Waals surface area contributed by atoms with Crippen LogP contribution in [0.4, 0.5) is 0 Å². The summed E-state index contributed by atoms with van der Waals surface area (Å²) in [5.74, 6) is 0. The second-order valence-electron chi connectivity index (χ2n) is 4.83. The van der Waals surface area contributed by atoms with Crippen molar-refractivity contribution in [1.82, 2.24) is 10.2 Å². The van der Waals surface area contributed by atoms with Crippen LogP contribution in [0.5, 0.6) is 0 Å². The molecule has 0 saturated carbocycles. The van der Waals surface area contributed by atoms with E-state index in [-0.39, 0.29) is 5.56 Å². The Bertz CT molecular complexity index is 786. The lowest BCUT2D eigenvalue weighted by Gasteiger charge is -2.04. The van der Waals surface area contributed by atoms with Gasteiger partial charge in [-0.25, -0.2) is 0 Å². The minimum atomic E-state index is -0.0785. The van der Waals surface area contributed by atoms with Gasteiger partial charge in [0.2, 0.25) is 0 Å². The summed E-state index contributed by atoms with van der Waals surface area (Å²) in [6.45, 7) is 0.404. The number of ether oxygens (including phenoxy) is 1. The predicted molar refractivity (Wildman–Crippen MR) is 78.9 cm³/mol. The molecule has 0 radical (unpaired) electrons. The topological polar surface area (TPSA) is 57.9 Å². The summed E-state index contributed by atoms with van der Waals surface area (Å²) in [5, 5.41) is 7.88. The van der Waals surface area contributed by atoms with Gasteiger partial charge >= 0.3 is 0 Å². The normalized spacial score (nSPS) is 11.1. The van der Waals surface area contributed by atoms with E-state index in [1.54, 1.807) is 7.11 Å². The molecule has 1 heterocycles. The van der Waals surface area contributed by atoms with Gasteiger partial charge in [0.05, 0.1) is 12.3 Å². The van der Waals surface area contributed by atoms with Gasteiger partial charge in [0.1, 0.15) is 0 Å². The molecule has 1 aromatic heterocycles. The molecule has 0 saturated heterocycles. The minimum absolute atomic E-state index is 0.0785. The third kappa shape index (κ3) is 2.38. The smallest absolute Gasteiger partial charge is 0.267 e. The summed E-state index contributed by atoms with van der Waals surface area (Å²) in [6, 6.07) is 14.5. The molecule has 0 aliphatic heterocycles. The second-order valence-corrected chi connectivity index (χ2v) is 4.83. The molecule has 2 aromatic carbocycles. The van der Waals surface area contributed by atoms with Gasteiger partial charge in [0.25, 0.3) is 5.56 Å². The van der Waals surface area contributed by atoms with Crippen LogP contribution in [0.25, 0.3) is 10.8 Å². The molecule has 20 heavy (non-hydrogen) atoms. The van der Waals surface area contributed by atoms with Gasteiger partial charge in [-0.2, -0.15) is 0 Å². The van der Waals surface area contributed by atoms with Crippen molar-refractivity contribution in [2.45, 2.75) is 13.0 Å². The number of fused-ring (bicyclic) bond motifs is 1. The number of methoxy groups -OCH3 is 1. The first-order valence-corrected chi connectivity index (χ1v) is 6.53. The highest BCUT2D eigenvalue weighted by Gasteiger charge is 2.10. The van der Waals surface area contributed by atoms with Crippen LogP contribution in [0.15, 0.2) is 47.3 Å². The lowest BCUT2D eigenvalue weighted by Crippen LogP contribution is -2.08. The quantitative estimate of drug-likeness (QED) is 0.764. The molecule has 3 rings (SSSR count). The molecule has 4 heteroatoms. The first-order valence-electron chi connectivity index (χ1n) is 6.53. The molecule has 0 spiro atoms. The molecule has 0 fully saturated rings. The molecule has 4 nitrogen and oxygen atoms in total. The fourth-order valence-corrected chi connectivity index (χ4v) is 2.43. The Labute approximate surface area is 116 Å². The van der Waals surface area contributed by atoms with Crippen LogP contribution < -0.4 is 5.56 Å². The standard InChI is InChI=1S/C16H16N2O2/c1-20-10-15-14(16(19)18-17-15)9-11-6-7-12-4-2-3-5-13(12)8-11/h2-8H,9-10H2,1H3,(H2,17,18,19). The van der Waals surface area contributed by atoms with Crippen LogP contribution in [-0.4, -0.2) is 17.3 Å². The summed E-state index contributed by atoms with van der Waals surface area (Å²) in [4.78, 5) is 11.8. The van der Waals surface area contributed by atoms with E-state index in [2.05, 4.69) is 40.5 Å². The van der Waals surface area contributed by atoms with Crippen LogP contribution in [0.3, 0.4) is 0 Å².